The summed E-state index contributed by atoms with van der Waals surface area (Å²) in [6, 6.07) is 9.72. The predicted molar refractivity (Wildman–Crippen MR) is 82.8 cm³/mol. The molecule has 2 aliphatic carbocycles. The molecule has 0 saturated heterocycles. The van der Waals surface area contributed by atoms with E-state index in [0.717, 1.165) is 17.9 Å². The van der Waals surface area contributed by atoms with Crippen molar-refractivity contribution in [2.24, 2.45) is 11.8 Å². The monoisotopic (exact) mass is 271 g/mol. The first-order valence-corrected chi connectivity index (χ1v) is 8.46. The molecule has 2 saturated carbocycles. The van der Waals surface area contributed by atoms with Gasteiger partial charge in [0.25, 0.3) is 0 Å². The molecule has 0 radical (unpaired) electrons. The molecule has 0 bridgehead atoms. The van der Waals surface area contributed by atoms with Crippen molar-refractivity contribution in [1.82, 2.24) is 5.32 Å². The molecule has 2 aliphatic rings. The first kappa shape index (κ1) is 11.9. The van der Waals surface area contributed by atoms with Crippen molar-refractivity contribution in [3.63, 3.8) is 0 Å². The summed E-state index contributed by atoms with van der Waals surface area (Å²) in [6.45, 7) is 1.26. The SMILES string of the molecule is c1ccc2c(CC3CCC3CNC3CC3)csc2c1. The number of hydrogen-bond acceptors (Lipinski definition) is 2. The van der Waals surface area contributed by atoms with Crippen LogP contribution in [-0.2, 0) is 6.42 Å². The molecule has 2 unspecified atom stereocenters. The Morgan fingerprint density at radius 2 is 1.89 bits per heavy atom. The van der Waals surface area contributed by atoms with Gasteiger partial charge in [0, 0.05) is 10.7 Å². The van der Waals surface area contributed by atoms with Gasteiger partial charge in [0.05, 0.1) is 0 Å². The summed E-state index contributed by atoms with van der Waals surface area (Å²) in [5, 5.41) is 7.58. The normalized spacial score (nSPS) is 26.5. The van der Waals surface area contributed by atoms with Gasteiger partial charge in [-0.1, -0.05) is 18.2 Å². The maximum Gasteiger partial charge on any atom is 0.0345 e. The zero-order valence-corrected chi connectivity index (χ0v) is 12.1. The van der Waals surface area contributed by atoms with Crippen LogP contribution in [0, 0.1) is 11.8 Å². The summed E-state index contributed by atoms with van der Waals surface area (Å²) in [7, 11) is 0. The highest BCUT2D eigenvalue weighted by atomic mass is 32.1. The summed E-state index contributed by atoms with van der Waals surface area (Å²) in [5.74, 6) is 1.85. The second kappa shape index (κ2) is 4.92. The standard InChI is InChI=1S/C17H21NS/c1-2-4-17-16(3-1)14(11-19-17)9-12-5-6-13(12)10-18-15-7-8-15/h1-4,11-13,15,18H,5-10H2. The Kier molecular flexibility index (Phi) is 3.08. The van der Waals surface area contributed by atoms with Gasteiger partial charge in [0.15, 0.2) is 0 Å². The molecule has 2 heteroatoms. The highest BCUT2D eigenvalue weighted by molar-refractivity contribution is 7.17. The van der Waals surface area contributed by atoms with Crippen LogP contribution in [0.1, 0.15) is 31.2 Å². The Balaban J connectivity index is 1.42. The van der Waals surface area contributed by atoms with Crippen molar-refractivity contribution in [3.05, 3.63) is 35.2 Å². The number of hydrogen-bond donors (Lipinski definition) is 1. The zero-order valence-electron chi connectivity index (χ0n) is 11.3. The van der Waals surface area contributed by atoms with Crippen LogP contribution in [-0.4, -0.2) is 12.6 Å². The molecular weight excluding hydrogens is 250 g/mol. The van der Waals surface area contributed by atoms with Gasteiger partial charge in [-0.15, -0.1) is 11.3 Å². The first-order chi connectivity index (χ1) is 9.40. The first-order valence-electron chi connectivity index (χ1n) is 7.58. The molecule has 2 fully saturated rings. The van der Waals surface area contributed by atoms with Gasteiger partial charge in [0.2, 0.25) is 0 Å². The predicted octanol–water partition coefficient (Wildman–Crippen LogP) is 4.22. The molecule has 0 aliphatic heterocycles. The van der Waals surface area contributed by atoms with E-state index in [1.165, 1.54) is 48.7 Å². The maximum atomic E-state index is 3.71. The molecule has 2 atom stereocenters. The topological polar surface area (TPSA) is 12.0 Å². The Morgan fingerprint density at radius 1 is 1.05 bits per heavy atom. The van der Waals surface area contributed by atoms with Crippen LogP contribution in [0.2, 0.25) is 0 Å². The van der Waals surface area contributed by atoms with Gasteiger partial charge in [-0.25, -0.2) is 0 Å². The molecule has 1 aromatic carbocycles. The van der Waals surface area contributed by atoms with Crippen LogP contribution in [0.15, 0.2) is 29.6 Å². The number of benzene rings is 1. The number of nitrogens with one attached hydrogen (secondary N) is 1. The van der Waals surface area contributed by atoms with Crippen LogP contribution < -0.4 is 5.32 Å². The Labute approximate surface area is 119 Å². The van der Waals surface area contributed by atoms with Gasteiger partial charge in [0.1, 0.15) is 0 Å². The quantitative estimate of drug-likeness (QED) is 0.858. The van der Waals surface area contributed by atoms with Crippen molar-refractivity contribution < 1.29 is 0 Å². The maximum absolute atomic E-state index is 3.71. The highest BCUT2D eigenvalue weighted by Gasteiger charge is 2.32. The molecular formula is C17H21NS. The second-order valence-corrected chi connectivity index (χ2v) is 7.15. The Bertz CT molecular complexity index is 569. The summed E-state index contributed by atoms with van der Waals surface area (Å²) < 4.78 is 1.45. The molecule has 2 aromatic rings. The number of fused-ring (bicyclic) bond motifs is 1. The minimum absolute atomic E-state index is 0.864. The molecule has 0 amide bonds. The van der Waals surface area contributed by atoms with Gasteiger partial charge in [-0.3, -0.25) is 0 Å². The van der Waals surface area contributed by atoms with Crippen molar-refractivity contribution in [3.8, 4) is 0 Å². The Hall–Kier alpha value is -0.860. The lowest BCUT2D eigenvalue weighted by Gasteiger charge is -2.37. The van der Waals surface area contributed by atoms with Crippen LogP contribution in [0.3, 0.4) is 0 Å². The lowest BCUT2D eigenvalue weighted by Crippen LogP contribution is -2.37. The van der Waals surface area contributed by atoms with Gasteiger partial charge >= 0.3 is 0 Å². The molecule has 4 rings (SSSR count). The molecule has 0 spiro atoms. The molecule has 100 valence electrons. The average Bonchev–Trinajstić information content (AvgIpc) is 3.15. The van der Waals surface area contributed by atoms with E-state index in [2.05, 4.69) is 35.0 Å². The van der Waals surface area contributed by atoms with Crippen LogP contribution >= 0.6 is 11.3 Å². The summed E-state index contributed by atoms with van der Waals surface area (Å²) >= 11 is 1.90. The fourth-order valence-electron chi connectivity index (χ4n) is 3.25. The largest absolute Gasteiger partial charge is 0.314 e. The zero-order chi connectivity index (χ0) is 12.7. The van der Waals surface area contributed by atoms with Gasteiger partial charge in [-0.05, 0) is 72.9 Å². The minimum atomic E-state index is 0.864. The molecule has 1 N–H and O–H groups in total. The fourth-order valence-corrected chi connectivity index (χ4v) is 4.23. The number of thiophene rings is 1. The molecule has 1 nitrogen and oxygen atoms in total. The van der Waals surface area contributed by atoms with E-state index in [0.29, 0.717) is 0 Å². The molecule has 1 heterocycles. The third-order valence-corrected chi connectivity index (χ3v) is 5.88. The molecule has 1 aromatic heterocycles. The van der Waals surface area contributed by atoms with Crippen molar-refractivity contribution >= 4 is 21.4 Å². The van der Waals surface area contributed by atoms with Crippen molar-refractivity contribution in [1.29, 1.82) is 0 Å². The average molecular weight is 271 g/mol. The third kappa shape index (κ3) is 2.44. The second-order valence-electron chi connectivity index (χ2n) is 6.24. The summed E-state index contributed by atoms with van der Waals surface area (Å²) in [6.07, 6.45) is 6.98. The van der Waals surface area contributed by atoms with Gasteiger partial charge < -0.3 is 5.32 Å². The van der Waals surface area contributed by atoms with Crippen molar-refractivity contribution in [2.75, 3.05) is 6.54 Å². The van der Waals surface area contributed by atoms with E-state index in [1.807, 2.05) is 11.3 Å². The van der Waals surface area contributed by atoms with E-state index >= 15 is 0 Å². The smallest absolute Gasteiger partial charge is 0.0345 e. The number of rotatable bonds is 5. The third-order valence-electron chi connectivity index (χ3n) is 4.86. The van der Waals surface area contributed by atoms with Gasteiger partial charge in [-0.2, -0.15) is 0 Å². The highest BCUT2D eigenvalue weighted by Crippen LogP contribution is 2.39. The minimum Gasteiger partial charge on any atom is -0.314 e. The van der Waals surface area contributed by atoms with Crippen LogP contribution in [0.4, 0.5) is 0 Å². The Morgan fingerprint density at radius 3 is 2.68 bits per heavy atom. The lowest BCUT2D eigenvalue weighted by molar-refractivity contribution is 0.171. The summed E-state index contributed by atoms with van der Waals surface area (Å²) in [4.78, 5) is 0. The fraction of sp³-hybridized carbons (Fsp3) is 0.529. The van der Waals surface area contributed by atoms with E-state index in [9.17, 15) is 0 Å². The van der Waals surface area contributed by atoms with E-state index < -0.39 is 0 Å². The van der Waals surface area contributed by atoms with E-state index in [1.54, 1.807) is 5.56 Å². The van der Waals surface area contributed by atoms with E-state index in [4.69, 9.17) is 0 Å². The van der Waals surface area contributed by atoms with Crippen LogP contribution in [0.25, 0.3) is 10.1 Å². The lowest BCUT2D eigenvalue weighted by atomic mass is 9.70. The molecule has 19 heavy (non-hydrogen) atoms. The summed E-state index contributed by atoms with van der Waals surface area (Å²) in [5.41, 5.74) is 1.58. The van der Waals surface area contributed by atoms with Crippen LogP contribution in [0.5, 0.6) is 0 Å². The van der Waals surface area contributed by atoms with Crippen molar-refractivity contribution in [2.45, 2.75) is 38.1 Å². The van der Waals surface area contributed by atoms with E-state index in [-0.39, 0.29) is 0 Å².